The van der Waals surface area contributed by atoms with Crippen molar-refractivity contribution in [1.82, 2.24) is 14.6 Å². The average Bonchev–Trinajstić information content (AvgIpc) is 3.66. The van der Waals surface area contributed by atoms with Crippen LogP contribution in [0.5, 0.6) is 0 Å². The molecule has 5 rings (SSSR count). The molecule has 2 aromatic carbocycles. The number of amides is 1. The quantitative estimate of drug-likeness (QED) is 0.190. The van der Waals surface area contributed by atoms with Gasteiger partial charge >= 0.3 is 6.09 Å². The molecule has 5 N–H and O–H groups in total. The van der Waals surface area contributed by atoms with E-state index in [9.17, 15) is 18.3 Å². The van der Waals surface area contributed by atoms with Crippen molar-refractivity contribution in [1.29, 1.82) is 0 Å². The molecule has 2 aliphatic heterocycles. The van der Waals surface area contributed by atoms with Gasteiger partial charge in [-0.25, -0.2) is 13.2 Å². The molecule has 2 fully saturated rings. The molecule has 12 nitrogen and oxygen atoms in total. The highest BCUT2D eigenvalue weighted by atomic mass is 32.2. The lowest BCUT2D eigenvalue weighted by Gasteiger charge is -2.31. The van der Waals surface area contributed by atoms with Crippen LogP contribution < -0.4 is 16.4 Å². The van der Waals surface area contributed by atoms with Gasteiger partial charge in [0.05, 0.1) is 59.8 Å². The van der Waals surface area contributed by atoms with Crippen molar-refractivity contribution in [2.45, 2.75) is 62.7 Å². The Labute approximate surface area is 270 Å². The summed E-state index contributed by atoms with van der Waals surface area (Å²) in [6.45, 7) is 4.82. The summed E-state index contributed by atoms with van der Waals surface area (Å²) in [5.41, 5.74) is 8.66. The number of aromatic nitrogens is 1. The normalized spacial score (nSPS) is 20.8. The van der Waals surface area contributed by atoms with Gasteiger partial charge in [0.2, 0.25) is 10.0 Å². The van der Waals surface area contributed by atoms with Crippen molar-refractivity contribution in [2.75, 3.05) is 37.4 Å². The van der Waals surface area contributed by atoms with Gasteiger partial charge in [-0.1, -0.05) is 50.2 Å². The fourth-order valence-electron chi connectivity index (χ4n) is 5.72. The molecule has 1 amide bonds. The lowest BCUT2D eigenvalue weighted by molar-refractivity contribution is -0.0907. The van der Waals surface area contributed by atoms with Crippen molar-refractivity contribution < 1.29 is 32.5 Å². The number of benzene rings is 2. The number of carbonyl (C=O) groups is 1. The van der Waals surface area contributed by atoms with Gasteiger partial charge in [-0.2, -0.15) is 4.31 Å². The summed E-state index contributed by atoms with van der Waals surface area (Å²) < 4.78 is 46.2. The molecule has 0 saturated carbocycles. The molecule has 3 aromatic rings. The van der Waals surface area contributed by atoms with Crippen LogP contribution >= 0.6 is 0 Å². The Kier molecular flexibility index (Phi) is 11.1. The van der Waals surface area contributed by atoms with Crippen LogP contribution in [0.1, 0.15) is 31.5 Å². The Hall–Kier alpha value is -3.75. The van der Waals surface area contributed by atoms with Gasteiger partial charge in [0.25, 0.3) is 0 Å². The molecule has 3 heterocycles. The van der Waals surface area contributed by atoms with Crippen LogP contribution in [0.25, 0.3) is 0 Å². The zero-order valence-corrected chi connectivity index (χ0v) is 26.9. The molecule has 5 atom stereocenters. The molecule has 248 valence electrons. The number of pyridine rings is 1. The van der Waals surface area contributed by atoms with E-state index in [4.69, 9.17) is 19.9 Å². The molecule has 2 aliphatic rings. The smallest absolute Gasteiger partial charge is 0.407 e. The minimum Gasteiger partial charge on any atom is -0.443 e. The van der Waals surface area contributed by atoms with Gasteiger partial charge in [0.15, 0.2) is 6.29 Å². The molecule has 5 unspecified atom stereocenters. The molecule has 0 radical (unpaired) electrons. The SMILES string of the molecule is CC(C)CN(CC(O)C(Cc1ccccc1)NC(=O)OC1COC2OCCC12)S(=O)(=O)c1ccc(N)c(NCc2ccccn2)c1. The van der Waals surface area contributed by atoms with E-state index >= 15 is 0 Å². The number of nitrogens with one attached hydrogen (secondary N) is 2. The number of ether oxygens (including phenoxy) is 3. The summed E-state index contributed by atoms with van der Waals surface area (Å²) in [6.07, 6.45) is -0.151. The summed E-state index contributed by atoms with van der Waals surface area (Å²) >= 11 is 0. The third-order valence-corrected chi connectivity index (χ3v) is 9.95. The molecular formula is C33H43N5O7S. The van der Waals surface area contributed by atoms with E-state index in [1.807, 2.05) is 62.4 Å². The van der Waals surface area contributed by atoms with Crippen LogP contribution in [0.15, 0.2) is 77.8 Å². The van der Waals surface area contributed by atoms with Gasteiger partial charge in [-0.3, -0.25) is 4.98 Å². The van der Waals surface area contributed by atoms with Crippen LogP contribution in [0, 0.1) is 11.8 Å². The number of nitrogens with zero attached hydrogens (tertiary/aromatic N) is 2. The number of aliphatic hydroxyl groups is 1. The van der Waals surface area contributed by atoms with Gasteiger partial charge < -0.3 is 35.7 Å². The number of hydrogen-bond acceptors (Lipinski definition) is 10. The topological polar surface area (TPSA) is 165 Å². The van der Waals surface area contributed by atoms with E-state index in [1.165, 1.54) is 16.4 Å². The predicted molar refractivity (Wildman–Crippen MR) is 173 cm³/mol. The summed E-state index contributed by atoms with van der Waals surface area (Å²) in [6, 6.07) is 18.6. The minimum absolute atomic E-state index is 0.0274. The van der Waals surface area contributed by atoms with Crippen LogP contribution in [-0.2, 0) is 37.2 Å². The third-order valence-electron chi connectivity index (χ3n) is 8.12. The second-order valence-electron chi connectivity index (χ2n) is 12.1. The first kappa shape index (κ1) is 33.6. The number of alkyl carbamates (subject to hydrolysis) is 1. The molecule has 1 aromatic heterocycles. The number of carbonyl (C=O) groups excluding carboxylic acids is 1. The van der Waals surface area contributed by atoms with Gasteiger partial charge in [0, 0.05) is 19.3 Å². The van der Waals surface area contributed by atoms with E-state index < -0.39 is 34.4 Å². The summed E-state index contributed by atoms with van der Waals surface area (Å²) in [7, 11) is -4.09. The highest BCUT2D eigenvalue weighted by molar-refractivity contribution is 7.89. The molecule has 13 heteroatoms. The van der Waals surface area contributed by atoms with E-state index in [1.54, 1.807) is 12.3 Å². The van der Waals surface area contributed by atoms with Crippen molar-refractivity contribution >= 4 is 27.5 Å². The molecule has 0 aliphatic carbocycles. The average molecular weight is 654 g/mol. The summed E-state index contributed by atoms with van der Waals surface area (Å²) in [5.74, 6) is -0.0925. The first-order valence-corrected chi connectivity index (χ1v) is 17.0. The van der Waals surface area contributed by atoms with Crippen LogP contribution in [0.4, 0.5) is 16.2 Å². The fraction of sp³-hybridized carbons (Fsp3) is 0.455. The monoisotopic (exact) mass is 653 g/mol. The number of nitrogen functional groups attached to an aromatic ring is 1. The van der Waals surface area contributed by atoms with Crippen molar-refractivity contribution in [2.24, 2.45) is 11.8 Å². The summed E-state index contributed by atoms with van der Waals surface area (Å²) in [4.78, 5) is 17.4. The number of anilines is 2. The molecule has 2 saturated heterocycles. The maximum atomic E-state index is 14.1. The van der Waals surface area contributed by atoms with E-state index in [2.05, 4.69) is 15.6 Å². The molecule has 46 heavy (non-hydrogen) atoms. The van der Waals surface area contributed by atoms with Crippen molar-refractivity contribution in [3.63, 3.8) is 0 Å². The molecule has 0 bridgehead atoms. The highest BCUT2D eigenvalue weighted by Crippen LogP contribution is 2.33. The standard InChI is InChI=1S/C33H43N5O7S/c1-22(2)19-38(46(41,42)25-11-12-27(34)28(17-25)36-18-24-10-6-7-14-35-24)20-30(39)29(16-23-8-4-3-5-9-23)37-33(40)45-31-21-44-32-26(31)13-15-43-32/h3-12,14,17,22,26,29-32,36,39H,13,15-16,18-21,34H2,1-2H3,(H,37,40). The second-order valence-corrected chi connectivity index (χ2v) is 14.1. The lowest BCUT2D eigenvalue weighted by atomic mass is 10.0. The highest BCUT2D eigenvalue weighted by Gasteiger charge is 2.44. The number of hydrogen-bond donors (Lipinski definition) is 4. The van der Waals surface area contributed by atoms with E-state index in [0.717, 1.165) is 17.7 Å². The first-order chi connectivity index (χ1) is 22.1. The predicted octanol–water partition coefficient (Wildman–Crippen LogP) is 3.38. The summed E-state index contributed by atoms with van der Waals surface area (Å²) in [5, 5.41) is 17.6. The Morgan fingerprint density at radius 2 is 1.89 bits per heavy atom. The van der Waals surface area contributed by atoms with Crippen molar-refractivity contribution in [3.8, 4) is 0 Å². The maximum absolute atomic E-state index is 14.1. The Morgan fingerprint density at radius 1 is 1.11 bits per heavy atom. The number of sulfonamides is 1. The zero-order chi connectivity index (χ0) is 32.7. The Morgan fingerprint density at radius 3 is 2.63 bits per heavy atom. The number of aliphatic hydroxyl groups excluding tert-OH is 1. The number of fused-ring (bicyclic) bond motifs is 1. The van der Waals surface area contributed by atoms with Gasteiger partial charge in [-0.15, -0.1) is 0 Å². The third kappa shape index (κ3) is 8.53. The molecular weight excluding hydrogens is 610 g/mol. The largest absolute Gasteiger partial charge is 0.443 e. The number of nitrogens with two attached hydrogens (primary N) is 1. The lowest BCUT2D eigenvalue weighted by Crippen LogP contribution is -2.51. The zero-order valence-electron chi connectivity index (χ0n) is 26.1. The van der Waals surface area contributed by atoms with E-state index in [-0.39, 0.29) is 49.1 Å². The van der Waals surface area contributed by atoms with Gasteiger partial charge in [-0.05, 0) is 54.7 Å². The Balaban J connectivity index is 1.33. The fourth-order valence-corrected chi connectivity index (χ4v) is 7.37. The minimum atomic E-state index is -4.09. The maximum Gasteiger partial charge on any atom is 0.407 e. The van der Waals surface area contributed by atoms with E-state index in [0.29, 0.717) is 24.5 Å². The first-order valence-electron chi connectivity index (χ1n) is 15.6. The van der Waals surface area contributed by atoms with Crippen LogP contribution in [0.2, 0.25) is 0 Å². The Bertz CT molecular complexity index is 1540. The van der Waals surface area contributed by atoms with Crippen molar-refractivity contribution in [3.05, 3.63) is 84.2 Å². The number of rotatable bonds is 14. The van der Waals surface area contributed by atoms with Crippen LogP contribution in [0.3, 0.4) is 0 Å². The van der Waals surface area contributed by atoms with Crippen LogP contribution in [-0.4, -0.2) is 79.7 Å². The van der Waals surface area contributed by atoms with Gasteiger partial charge in [0.1, 0.15) is 6.10 Å². The molecule has 0 spiro atoms. The second kappa shape index (κ2) is 15.2.